The van der Waals surface area contributed by atoms with Crippen LogP contribution in [-0.2, 0) is 14.3 Å². The van der Waals surface area contributed by atoms with Crippen molar-refractivity contribution in [3.63, 3.8) is 0 Å². The molecule has 0 radical (unpaired) electrons. The van der Waals surface area contributed by atoms with Crippen molar-refractivity contribution >= 4 is 18.0 Å². The van der Waals surface area contributed by atoms with E-state index in [1.54, 1.807) is 6.92 Å². The van der Waals surface area contributed by atoms with Crippen LogP contribution in [0.2, 0.25) is 0 Å². The van der Waals surface area contributed by atoms with Gasteiger partial charge >= 0.3 is 11.9 Å². The number of esters is 1. The third-order valence-electron chi connectivity index (χ3n) is 2.08. The zero-order chi connectivity index (χ0) is 15.1. The van der Waals surface area contributed by atoms with Crippen LogP contribution in [0.4, 0.5) is 8.78 Å². The number of benzene rings is 1. The monoisotopic (exact) mass is 286 g/mol. The number of carbonyl (C=O) groups is 2. The number of halogens is 2. The van der Waals surface area contributed by atoms with E-state index in [0.29, 0.717) is 0 Å². The lowest BCUT2D eigenvalue weighted by Gasteiger charge is -2.08. The Balaban J connectivity index is 2.84. The van der Waals surface area contributed by atoms with E-state index in [2.05, 4.69) is 4.74 Å². The second kappa shape index (κ2) is 7.22. The Hall–Kier alpha value is -2.44. The van der Waals surface area contributed by atoms with Gasteiger partial charge in [-0.15, -0.1) is 0 Å². The first-order valence-corrected chi connectivity index (χ1v) is 5.62. The molecule has 1 aromatic rings. The van der Waals surface area contributed by atoms with E-state index in [4.69, 9.17) is 9.84 Å². The smallest absolute Gasteiger partial charge is 0.344 e. The summed E-state index contributed by atoms with van der Waals surface area (Å²) in [4.78, 5) is 21.3. The maximum absolute atomic E-state index is 13.6. The van der Waals surface area contributed by atoms with Crippen molar-refractivity contribution in [2.45, 2.75) is 6.92 Å². The summed E-state index contributed by atoms with van der Waals surface area (Å²) in [5.74, 6) is -4.79. The molecule has 1 N–H and O–H groups in total. The predicted octanol–water partition coefficient (Wildman–Crippen LogP) is 2.00. The lowest BCUT2D eigenvalue weighted by atomic mass is 10.2. The van der Waals surface area contributed by atoms with Crippen LogP contribution >= 0.6 is 0 Å². The maximum Gasteiger partial charge on any atom is 0.344 e. The minimum atomic E-state index is -1.24. The highest BCUT2D eigenvalue weighted by atomic mass is 19.1. The largest absolute Gasteiger partial charge is 0.478 e. The molecule has 0 heterocycles. The summed E-state index contributed by atoms with van der Waals surface area (Å²) in [6.45, 7) is 1.10. The van der Waals surface area contributed by atoms with Crippen LogP contribution < -0.4 is 4.74 Å². The van der Waals surface area contributed by atoms with Gasteiger partial charge in [-0.1, -0.05) is 0 Å². The molecule has 0 amide bonds. The zero-order valence-corrected chi connectivity index (χ0v) is 10.6. The molecule has 0 fully saturated rings. The number of carboxylic acid groups (broad SMARTS) is 1. The van der Waals surface area contributed by atoms with E-state index >= 15 is 0 Å². The van der Waals surface area contributed by atoms with E-state index in [9.17, 15) is 18.4 Å². The number of carbonyl (C=O) groups excluding carboxylic acids is 1. The molecule has 1 aromatic carbocycles. The molecular formula is C13H12F2O5. The lowest BCUT2D eigenvalue weighted by Crippen LogP contribution is -2.15. The molecule has 7 heteroatoms. The van der Waals surface area contributed by atoms with E-state index in [-0.39, 0.29) is 12.2 Å². The fourth-order valence-electron chi connectivity index (χ4n) is 1.31. The average molecular weight is 286 g/mol. The highest BCUT2D eigenvalue weighted by molar-refractivity contribution is 5.85. The van der Waals surface area contributed by atoms with Gasteiger partial charge in [-0.05, 0) is 30.7 Å². The van der Waals surface area contributed by atoms with Crippen molar-refractivity contribution in [3.8, 4) is 5.75 Å². The van der Waals surface area contributed by atoms with E-state index in [1.807, 2.05) is 0 Å². The first-order valence-electron chi connectivity index (χ1n) is 5.62. The summed E-state index contributed by atoms with van der Waals surface area (Å²) in [6.07, 6.45) is 1.77. The molecule has 5 nitrogen and oxygen atoms in total. The highest BCUT2D eigenvalue weighted by Crippen LogP contribution is 2.24. The fraction of sp³-hybridized carbons (Fsp3) is 0.231. The number of carboxylic acids is 1. The van der Waals surface area contributed by atoms with Crippen molar-refractivity contribution in [3.05, 3.63) is 35.4 Å². The summed E-state index contributed by atoms with van der Waals surface area (Å²) in [5, 5.41) is 8.41. The van der Waals surface area contributed by atoms with Crippen LogP contribution in [0.5, 0.6) is 5.75 Å². The molecule has 0 bridgehead atoms. The van der Waals surface area contributed by atoms with Gasteiger partial charge in [0.25, 0.3) is 0 Å². The van der Waals surface area contributed by atoms with Crippen molar-refractivity contribution < 1.29 is 33.0 Å². The van der Waals surface area contributed by atoms with Gasteiger partial charge in [0.1, 0.15) is 0 Å². The molecule has 0 aliphatic rings. The molecule has 0 atom stereocenters. The summed E-state index contributed by atoms with van der Waals surface area (Å²) in [6, 6.07) is 1.78. The van der Waals surface area contributed by atoms with Gasteiger partial charge in [-0.3, -0.25) is 0 Å². The molecule has 108 valence electrons. The van der Waals surface area contributed by atoms with Gasteiger partial charge in [0.15, 0.2) is 24.0 Å². The van der Waals surface area contributed by atoms with Crippen LogP contribution in [0, 0.1) is 11.6 Å². The van der Waals surface area contributed by atoms with Gasteiger partial charge in [0.05, 0.1) is 6.61 Å². The third kappa shape index (κ3) is 4.68. The molecule has 20 heavy (non-hydrogen) atoms. The first kappa shape index (κ1) is 15.6. The SMILES string of the molecule is CCOC(=O)COc1c(F)cc(C=CC(=O)O)cc1F. The molecule has 0 aliphatic heterocycles. The van der Waals surface area contributed by atoms with E-state index in [0.717, 1.165) is 24.3 Å². The Morgan fingerprint density at radius 2 is 1.90 bits per heavy atom. The molecule has 0 spiro atoms. The van der Waals surface area contributed by atoms with Crippen LogP contribution in [0.3, 0.4) is 0 Å². The number of ether oxygens (including phenoxy) is 2. The van der Waals surface area contributed by atoms with Gasteiger partial charge < -0.3 is 14.6 Å². The van der Waals surface area contributed by atoms with Gasteiger partial charge in [0, 0.05) is 6.08 Å². The number of hydrogen-bond donors (Lipinski definition) is 1. The Kier molecular flexibility index (Phi) is 5.64. The minimum Gasteiger partial charge on any atom is -0.478 e. The third-order valence-corrected chi connectivity index (χ3v) is 2.08. The molecular weight excluding hydrogens is 274 g/mol. The zero-order valence-electron chi connectivity index (χ0n) is 10.6. The van der Waals surface area contributed by atoms with Crippen molar-refractivity contribution in [2.24, 2.45) is 0 Å². The predicted molar refractivity (Wildman–Crippen MR) is 65.2 cm³/mol. The molecule has 0 saturated heterocycles. The fourth-order valence-corrected chi connectivity index (χ4v) is 1.31. The lowest BCUT2D eigenvalue weighted by molar-refractivity contribution is -0.145. The molecule has 0 aliphatic carbocycles. The van der Waals surface area contributed by atoms with Crippen molar-refractivity contribution in [1.82, 2.24) is 0 Å². The Labute approximate surface area is 113 Å². The average Bonchev–Trinajstić information content (AvgIpc) is 2.35. The second-order valence-electron chi connectivity index (χ2n) is 3.58. The summed E-state index contributed by atoms with van der Waals surface area (Å²) < 4.78 is 36.4. The normalized spacial score (nSPS) is 10.6. The minimum absolute atomic E-state index is 0.0193. The van der Waals surface area contributed by atoms with E-state index < -0.39 is 35.9 Å². The first-order chi connectivity index (χ1) is 9.43. The number of aliphatic carboxylic acids is 1. The van der Waals surface area contributed by atoms with Gasteiger partial charge in [-0.25, -0.2) is 18.4 Å². The Bertz CT molecular complexity index is 517. The van der Waals surface area contributed by atoms with Crippen LogP contribution in [0.15, 0.2) is 18.2 Å². The molecule has 0 saturated carbocycles. The molecule has 0 unspecified atom stereocenters. The van der Waals surface area contributed by atoms with Crippen LogP contribution in [0.25, 0.3) is 6.08 Å². The van der Waals surface area contributed by atoms with Gasteiger partial charge in [-0.2, -0.15) is 0 Å². The van der Waals surface area contributed by atoms with Crippen LogP contribution in [-0.4, -0.2) is 30.3 Å². The van der Waals surface area contributed by atoms with Crippen molar-refractivity contribution in [2.75, 3.05) is 13.2 Å². The highest BCUT2D eigenvalue weighted by Gasteiger charge is 2.14. The summed E-state index contributed by atoms with van der Waals surface area (Å²) >= 11 is 0. The summed E-state index contributed by atoms with van der Waals surface area (Å²) in [7, 11) is 0. The standard InChI is InChI=1S/C13H12F2O5/c1-2-19-12(18)7-20-13-9(14)5-8(6-10(13)15)3-4-11(16)17/h3-6H,2,7H2,1H3,(H,16,17). The van der Waals surface area contributed by atoms with E-state index in [1.165, 1.54) is 0 Å². The number of hydrogen-bond acceptors (Lipinski definition) is 4. The molecule has 1 rings (SSSR count). The maximum atomic E-state index is 13.6. The Morgan fingerprint density at radius 3 is 2.40 bits per heavy atom. The van der Waals surface area contributed by atoms with Gasteiger partial charge in [0.2, 0.25) is 0 Å². The summed E-state index contributed by atoms with van der Waals surface area (Å²) in [5.41, 5.74) is 0.0193. The molecule has 0 aromatic heterocycles. The Morgan fingerprint density at radius 1 is 1.30 bits per heavy atom. The van der Waals surface area contributed by atoms with Crippen LogP contribution in [0.1, 0.15) is 12.5 Å². The van der Waals surface area contributed by atoms with Crippen molar-refractivity contribution in [1.29, 1.82) is 0 Å². The second-order valence-corrected chi connectivity index (χ2v) is 3.58. The quantitative estimate of drug-likeness (QED) is 0.639. The topological polar surface area (TPSA) is 72.8 Å². The number of rotatable bonds is 6.